The molecular formula is C19H22F3N5O. The number of halogens is 3. The number of rotatable bonds is 7. The summed E-state index contributed by atoms with van der Waals surface area (Å²) in [5.41, 5.74) is 5.35. The highest BCUT2D eigenvalue weighted by Crippen LogP contribution is 2.47. The van der Waals surface area contributed by atoms with E-state index < -0.39 is 12.3 Å². The third-order valence-electron chi connectivity index (χ3n) is 4.03. The lowest BCUT2D eigenvalue weighted by molar-refractivity contribution is -0.132. The summed E-state index contributed by atoms with van der Waals surface area (Å²) < 4.78 is 37.3. The van der Waals surface area contributed by atoms with Gasteiger partial charge in [0.1, 0.15) is 5.82 Å². The normalized spacial score (nSPS) is 13.8. The monoisotopic (exact) mass is 393 g/mol. The average molecular weight is 393 g/mol. The second-order valence-corrected chi connectivity index (χ2v) is 5.90. The maximum atomic E-state index is 13.1. The lowest BCUT2D eigenvalue weighted by atomic mass is 10.1. The topological polar surface area (TPSA) is 78.9 Å². The summed E-state index contributed by atoms with van der Waals surface area (Å²) in [4.78, 5) is 19.2. The Hall–Kier alpha value is -3.10. The van der Waals surface area contributed by atoms with E-state index in [1.807, 2.05) is 19.3 Å². The van der Waals surface area contributed by atoms with Crippen LogP contribution in [0, 0.1) is 5.82 Å². The average Bonchev–Trinajstić information content (AvgIpc) is 3.49. The highest BCUT2D eigenvalue weighted by Gasteiger charge is 2.45. The van der Waals surface area contributed by atoms with E-state index in [2.05, 4.69) is 27.3 Å². The van der Waals surface area contributed by atoms with Crippen molar-refractivity contribution in [1.29, 1.82) is 0 Å². The van der Waals surface area contributed by atoms with Crippen molar-refractivity contribution in [3.05, 3.63) is 60.2 Å². The number of aromatic nitrogens is 2. The Morgan fingerprint density at radius 2 is 1.68 bits per heavy atom. The number of alkyl halides is 2. The molecule has 1 fully saturated rings. The third-order valence-corrected chi connectivity index (χ3v) is 4.03. The summed E-state index contributed by atoms with van der Waals surface area (Å²) in [6, 6.07) is 6.26. The standard InChI is InChI=1S/C17H16F3N5O.C2H6/c1-10(24-25-15(26)14(19)20)11-8-21-16(22-9-11)23-17(6-7-17)12-2-4-13(18)5-3-12;1-2/h2-5,8-9,14,24H,1,6-7H2,(H,25,26)(H,21,22,23);1-2H3. The van der Waals surface area contributed by atoms with Crippen molar-refractivity contribution in [2.45, 2.75) is 38.7 Å². The Morgan fingerprint density at radius 3 is 2.18 bits per heavy atom. The van der Waals surface area contributed by atoms with Crippen molar-refractivity contribution in [1.82, 2.24) is 20.8 Å². The molecule has 1 amide bonds. The number of hydrogen-bond donors (Lipinski definition) is 3. The minimum atomic E-state index is -3.13. The van der Waals surface area contributed by atoms with Crippen LogP contribution in [0.1, 0.15) is 37.8 Å². The first kappa shape index (κ1) is 21.2. The third kappa shape index (κ3) is 5.21. The first-order valence-corrected chi connectivity index (χ1v) is 8.79. The number of hydrogen-bond acceptors (Lipinski definition) is 5. The molecule has 0 radical (unpaired) electrons. The van der Waals surface area contributed by atoms with Gasteiger partial charge in [-0.1, -0.05) is 32.6 Å². The van der Waals surface area contributed by atoms with Gasteiger partial charge < -0.3 is 5.32 Å². The van der Waals surface area contributed by atoms with Gasteiger partial charge in [-0.3, -0.25) is 15.6 Å². The van der Waals surface area contributed by atoms with E-state index >= 15 is 0 Å². The zero-order valence-corrected chi connectivity index (χ0v) is 15.6. The summed E-state index contributed by atoms with van der Waals surface area (Å²) in [6.45, 7) is 7.62. The van der Waals surface area contributed by atoms with Crippen LogP contribution in [0.3, 0.4) is 0 Å². The molecule has 0 saturated heterocycles. The summed E-state index contributed by atoms with van der Waals surface area (Å²) in [5.74, 6) is -1.38. The Kier molecular flexibility index (Phi) is 6.97. The van der Waals surface area contributed by atoms with Crippen LogP contribution in [0.25, 0.3) is 5.70 Å². The minimum absolute atomic E-state index is 0.171. The van der Waals surface area contributed by atoms with Gasteiger partial charge in [0.05, 0.1) is 11.2 Å². The van der Waals surface area contributed by atoms with Crippen LogP contribution in [0.5, 0.6) is 0 Å². The number of nitrogens with zero attached hydrogens (tertiary/aromatic N) is 2. The van der Waals surface area contributed by atoms with Crippen molar-refractivity contribution in [3.63, 3.8) is 0 Å². The van der Waals surface area contributed by atoms with Gasteiger partial charge in [-0.15, -0.1) is 0 Å². The Bertz CT molecular complexity index is 805. The smallest absolute Gasteiger partial charge is 0.317 e. The maximum absolute atomic E-state index is 13.1. The van der Waals surface area contributed by atoms with Crippen LogP contribution >= 0.6 is 0 Å². The van der Waals surface area contributed by atoms with E-state index in [4.69, 9.17) is 0 Å². The lowest BCUT2D eigenvalue weighted by Gasteiger charge is -2.18. The molecule has 9 heteroatoms. The fraction of sp³-hybridized carbons (Fsp3) is 0.316. The lowest BCUT2D eigenvalue weighted by Crippen LogP contribution is -2.39. The number of carbonyl (C=O) groups excluding carboxylic acids is 1. The van der Waals surface area contributed by atoms with Gasteiger partial charge in [0, 0.05) is 18.0 Å². The first-order valence-electron chi connectivity index (χ1n) is 8.79. The molecule has 1 aliphatic rings. The van der Waals surface area contributed by atoms with Crippen LogP contribution in [-0.2, 0) is 10.3 Å². The van der Waals surface area contributed by atoms with E-state index in [0.29, 0.717) is 11.5 Å². The molecule has 3 rings (SSSR count). The van der Waals surface area contributed by atoms with E-state index in [0.717, 1.165) is 18.4 Å². The molecule has 0 bridgehead atoms. The van der Waals surface area contributed by atoms with Gasteiger partial charge in [0.2, 0.25) is 5.95 Å². The molecule has 1 saturated carbocycles. The summed E-state index contributed by atoms with van der Waals surface area (Å²) in [7, 11) is 0. The van der Waals surface area contributed by atoms with E-state index in [-0.39, 0.29) is 17.1 Å². The van der Waals surface area contributed by atoms with Gasteiger partial charge in [0.15, 0.2) is 0 Å². The number of amides is 1. The predicted octanol–water partition coefficient (Wildman–Crippen LogP) is 3.60. The molecule has 1 heterocycles. The van der Waals surface area contributed by atoms with Crippen molar-refractivity contribution >= 4 is 17.6 Å². The number of benzene rings is 1. The fourth-order valence-corrected chi connectivity index (χ4v) is 2.41. The number of hydrazine groups is 1. The SMILES string of the molecule is C=C(NNC(=O)C(F)F)c1cnc(NC2(c3ccc(F)cc3)CC2)nc1.CC. The second kappa shape index (κ2) is 9.20. The minimum Gasteiger partial charge on any atom is -0.345 e. The molecule has 1 aliphatic carbocycles. The second-order valence-electron chi connectivity index (χ2n) is 5.90. The largest absolute Gasteiger partial charge is 0.345 e. The van der Waals surface area contributed by atoms with Crippen molar-refractivity contribution in [2.24, 2.45) is 0 Å². The van der Waals surface area contributed by atoms with E-state index in [1.165, 1.54) is 24.5 Å². The van der Waals surface area contributed by atoms with Crippen LogP contribution in [0.15, 0.2) is 43.2 Å². The first-order chi connectivity index (χ1) is 13.4. The van der Waals surface area contributed by atoms with E-state index in [9.17, 15) is 18.0 Å². The molecule has 28 heavy (non-hydrogen) atoms. The molecule has 0 spiro atoms. The maximum Gasteiger partial charge on any atom is 0.317 e. The molecule has 0 unspecified atom stereocenters. The fourth-order valence-electron chi connectivity index (χ4n) is 2.41. The zero-order chi connectivity index (χ0) is 20.7. The molecule has 6 nitrogen and oxygen atoms in total. The van der Waals surface area contributed by atoms with E-state index in [1.54, 1.807) is 12.1 Å². The quantitative estimate of drug-likeness (QED) is 0.627. The number of anilines is 1. The van der Waals surface area contributed by atoms with Gasteiger partial charge in [-0.25, -0.2) is 14.4 Å². The van der Waals surface area contributed by atoms with Crippen molar-refractivity contribution in [3.8, 4) is 0 Å². The van der Waals surface area contributed by atoms with Crippen LogP contribution in [0.4, 0.5) is 19.1 Å². The molecule has 2 aromatic rings. The van der Waals surface area contributed by atoms with Crippen molar-refractivity contribution in [2.75, 3.05) is 5.32 Å². The zero-order valence-electron chi connectivity index (χ0n) is 15.6. The molecule has 0 aliphatic heterocycles. The van der Waals surface area contributed by atoms with Crippen LogP contribution in [0.2, 0.25) is 0 Å². The molecular weight excluding hydrogens is 371 g/mol. The number of carbonyl (C=O) groups is 1. The van der Waals surface area contributed by atoms with Crippen molar-refractivity contribution < 1.29 is 18.0 Å². The molecule has 3 N–H and O–H groups in total. The highest BCUT2D eigenvalue weighted by atomic mass is 19.3. The summed E-state index contributed by atoms with van der Waals surface area (Å²) in [5, 5.41) is 3.23. The Balaban J connectivity index is 0.00000136. The van der Waals surface area contributed by atoms with Gasteiger partial charge in [-0.05, 0) is 30.5 Å². The molecule has 0 atom stereocenters. The van der Waals surface area contributed by atoms with Gasteiger partial charge >= 0.3 is 12.3 Å². The summed E-state index contributed by atoms with van der Waals surface area (Å²) in [6.07, 6.45) is 1.51. The molecule has 1 aromatic heterocycles. The Morgan fingerprint density at radius 1 is 1.11 bits per heavy atom. The van der Waals surface area contributed by atoms with Gasteiger partial charge in [-0.2, -0.15) is 8.78 Å². The predicted molar refractivity (Wildman–Crippen MR) is 101 cm³/mol. The Labute approximate surface area is 161 Å². The van der Waals surface area contributed by atoms with Crippen LogP contribution < -0.4 is 16.2 Å². The van der Waals surface area contributed by atoms with Gasteiger partial charge in [0.25, 0.3) is 0 Å². The highest BCUT2D eigenvalue weighted by molar-refractivity contribution is 5.79. The van der Waals surface area contributed by atoms with Crippen LogP contribution in [-0.4, -0.2) is 22.3 Å². The molecule has 150 valence electrons. The molecule has 1 aromatic carbocycles. The number of nitrogens with one attached hydrogen (secondary N) is 3. The summed E-state index contributed by atoms with van der Waals surface area (Å²) >= 11 is 0.